The highest BCUT2D eigenvalue weighted by atomic mass is 32.2. The van der Waals surface area contributed by atoms with Gasteiger partial charge >= 0.3 is 31.6 Å². The number of diazo groups is 2. The van der Waals surface area contributed by atoms with Crippen molar-refractivity contribution in [3.05, 3.63) is 130 Å². The summed E-state index contributed by atoms with van der Waals surface area (Å²) in [5.74, 6) is -0.919. The second-order valence-electron chi connectivity index (χ2n) is 12.8. The van der Waals surface area contributed by atoms with E-state index < -0.39 is 37.2 Å². The summed E-state index contributed by atoms with van der Waals surface area (Å²) in [7, 11) is -8.76. The van der Waals surface area contributed by atoms with Crippen molar-refractivity contribution in [2.75, 3.05) is 0 Å². The molecule has 0 unspecified atom stereocenters. The van der Waals surface area contributed by atoms with E-state index in [1.165, 1.54) is 84.9 Å². The molecule has 0 fully saturated rings. The van der Waals surface area contributed by atoms with Crippen LogP contribution in [0.25, 0.3) is 31.5 Å². The number of rotatable bonds is 10. The molecule has 52 heavy (non-hydrogen) atoms. The molecule has 0 saturated heterocycles. The largest absolute Gasteiger partial charge is 0.867 e. The van der Waals surface area contributed by atoms with E-state index in [-0.39, 0.29) is 60.1 Å². The molecule has 0 radical (unpaired) electrons. The minimum Gasteiger partial charge on any atom is -0.867 e. The van der Waals surface area contributed by atoms with E-state index in [1.807, 2.05) is 6.92 Å². The lowest BCUT2D eigenvalue weighted by Crippen LogP contribution is -2.26. The average molecular weight is 735 g/mol. The maximum absolute atomic E-state index is 13.4. The Kier molecular flexibility index (Phi) is 9.23. The third-order valence-corrected chi connectivity index (χ3v) is 11.5. The van der Waals surface area contributed by atoms with Gasteiger partial charge in [0, 0.05) is 28.3 Å². The minimum atomic E-state index is -4.38. The number of hydrogen-bond donors (Lipinski definition) is 0. The highest BCUT2D eigenvalue weighted by Gasteiger charge is 2.31. The topological polar surface area (TPSA) is 189 Å². The van der Waals surface area contributed by atoms with E-state index in [2.05, 4.69) is 23.8 Å². The summed E-state index contributed by atoms with van der Waals surface area (Å²) in [6, 6.07) is 26.8. The van der Waals surface area contributed by atoms with Crippen LogP contribution in [-0.4, -0.2) is 16.8 Å². The molecule has 262 valence electrons. The van der Waals surface area contributed by atoms with E-state index in [9.17, 15) is 27.0 Å². The molecule has 14 heteroatoms. The monoisotopic (exact) mass is 734 g/mol. The standard InChI is InChI=1S/C38H30N4O8S2/c1-23(2)22-38(3,24-10-14-26(15-11-24)49-51(45,46)34-8-4-6-30-28(34)18-20-32(41-39)36(30)43)25-12-16-27(17-13-25)50-52(47,48)35-9-5-7-31-29(35)19-21-33(42-40)37(31)44/h4-21,23H,22H2,1-3H3. The molecular weight excluding hydrogens is 705 g/mol. The van der Waals surface area contributed by atoms with Gasteiger partial charge in [0.15, 0.2) is 9.95 Å². The van der Waals surface area contributed by atoms with Gasteiger partial charge in [0.05, 0.1) is 0 Å². The SMILES string of the molecule is CC(C)CC(C)(c1ccc(OS(=O)(=O)c2cccc3c([O-])c([N+]#N)ccc23)cc1)c1ccc(OS(=O)(=O)c2cccc3c([O-])c([N+]#N)ccc23)cc1. The second-order valence-corrected chi connectivity index (χ2v) is 15.8. The Labute approximate surface area is 300 Å². The lowest BCUT2D eigenvalue weighted by Gasteiger charge is -2.33. The van der Waals surface area contributed by atoms with Crippen molar-refractivity contribution in [2.45, 2.75) is 42.4 Å². The molecule has 0 spiro atoms. The summed E-state index contributed by atoms with van der Waals surface area (Å²) in [5.41, 5.74) is 0.644. The highest BCUT2D eigenvalue weighted by Crippen LogP contribution is 2.41. The molecule has 6 rings (SSSR count). The fraction of sp³-hybridized carbons (Fsp3) is 0.158. The van der Waals surface area contributed by atoms with Gasteiger partial charge in [-0.05, 0) is 94.3 Å². The van der Waals surface area contributed by atoms with Crippen LogP contribution < -0.4 is 18.6 Å². The molecule has 0 atom stereocenters. The van der Waals surface area contributed by atoms with Crippen molar-refractivity contribution in [3.8, 4) is 23.0 Å². The molecule has 0 aliphatic carbocycles. The molecule has 6 aromatic rings. The fourth-order valence-electron chi connectivity index (χ4n) is 6.49. The number of nitrogens with zero attached hydrogens (tertiary/aromatic N) is 4. The Balaban J connectivity index is 1.26. The molecule has 0 aliphatic rings. The first-order valence-corrected chi connectivity index (χ1v) is 18.8. The Morgan fingerprint density at radius 1 is 0.596 bits per heavy atom. The van der Waals surface area contributed by atoms with E-state index in [1.54, 1.807) is 24.3 Å². The highest BCUT2D eigenvalue weighted by molar-refractivity contribution is 7.87. The molecule has 0 aromatic heterocycles. The van der Waals surface area contributed by atoms with Gasteiger partial charge in [0.25, 0.3) is 0 Å². The third-order valence-electron chi connectivity index (χ3n) is 8.87. The first-order chi connectivity index (χ1) is 24.7. The summed E-state index contributed by atoms with van der Waals surface area (Å²) >= 11 is 0. The van der Waals surface area contributed by atoms with E-state index in [0.717, 1.165) is 11.1 Å². The molecule has 0 aliphatic heterocycles. The Bertz CT molecular complexity index is 2490. The maximum atomic E-state index is 13.4. The Hall–Kier alpha value is -6.22. The van der Waals surface area contributed by atoms with Crippen LogP contribution in [-0.2, 0) is 25.7 Å². The van der Waals surface area contributed by atoms with E-state index in [0.29, 0.717) is 6.42 Å². The number of hydrogen-bond acceptors (Lipinski definition) is 10. The molecule has 0 heterocycles. The lowest BCUT2D eigenvalue weighted by atomic mass is 9.71. The summed E-state index contributed by atoms with van der Waals surface area (Å²) in [6.45, 7) is 6.16. The average Bonchev–Trinajstić information content (AvgIpc) is 3.11. The summed E-state index contributed by atoms with van der Waals surface area (Å²) in [6.07, 6.45) is 0.676. The predicted molar refractivity (Wildman–Crippen MR) is 191 cm³/mol. The van der Waals surface area contributed by atoms with Crippen molar-refractivity contribution >= 4 is 53.2 Å². The first-order valence-electron chi connectivity index (χ1n) is 15.9. The third kappa shape index (κ3) is 6.53. The van der Waals surface area contributed by atoms with Crippen LogP contribution in [0, 0.1) is 16.7 Å². The second kappa shape index (κ2) is 13.5. The van der Waals surface area contributed by atoms with Gasteiger partial charge in [0.1, 0.15) is 21.3 Å². The van der Waals surface area contributed by atoms with E-state index in [4.69, 9.17) is 19.2 Å². The van der Waals surface area contributed by atoms with Crippen molar-refractivity contribution < 1.29 is 35.4 Å². The summed E-state index contributed by atoms with van der Waals surface area (Å²) in [4.78, 5) is 5.47. The Morgan fingerprint density at radius 3 is 1.33 bits per heavy atom. The van der Waals surface area contributed by atoms with Gasteiger partial charge in [0.2, 0.25) is 10.8 Å². The van der Waals surface area contributed by atoms with Crippen LogP contribution in [0.4, 0.5) is 11.4 Å². The lowest BCUT2D eigenvalue weighted by molar-refractivity contribution is -0.265. The van der Waals surface area contributed by atoms with Crippen molar-refractivity contribution in [1.29, 1.82) is 10.8 Å². The summed E-state index contributed by atoms with van der Waals surface area (Å²) < 4.78 is 64.5. The van der Waals surface area contributed by atoms with Gasteiger partial charge in [-0.3, -0.25) is 0 Å². The van der Waals surface area contributed by atoms with Gasteiger partial charge in [-0.2, -0.15) is 16.8 Å². The van der Waals surface area contributed by atoms with Crippen LogP contribution in [0.1, 0.15) is 38.3 Å². The van der Waals surface area contributed by atoms with Crippen LogP contribution in [0.3, 0.4) is 0 Å². The zero-order valence-corrected chi connectivity index (χ0v) is 29.7. The van der Waals surface area contributed by atoms with Crippen molar-refractivity contribution in [3.63, 3.8) is 0 Å². The van der Waals surface area contributed by atoms with Gasteiger partial charge in [-0.25, -0.2) is 0 Å². The van der Waals surface area contributed by atoms with Gasteiger partial charge < -0.3 is 18.6 Å². The quantitative estimate of drug-likeness (QED) is 0.0985. The van der Waals surface area contributed by atoms with Gasteiger partial charge in [-0.15, -0.1) is 0 Å². The Morgan fingerprint density at radius 2 is 0.981 bits per heavy atom. The van der Waals surface area contributed by atoms with E-state index >= 15 is 0 Å². The van der Waals surface area contributed by atoms with Crippen LogP contribution in [0.2, 0.25) is 0 Å². The molecular formula is C38H30N4O8S2. The molecule has 0 saturated carbocycles. The minimum absolute atomic E-state index is 0.0467. The number of benzene rings is 6. The first kappa shape index (κ1) is 35.6. The van der Waals surface area contributed by atoms with Crippen molar-refractivity contribution in [1.82, 2.24) is 0 Å². The van der Waals surface area contributed by atoms with Crippen LogP contribution >= 0.6 is 0 Å². The smallest absolute Gasteiger partial charge is 0.378 e. The summed E-state index contributed by atoms with van der Waals surface area (Å²) in [5, 5.41) is 43.7. The van der Waals surface area contributed by atoms with Crippen LogP contribution in [0.15, 0.2) is 119 Å². The maximum Gasteiger partial charge on any atom is 0.378 e. The fourth-order valence-corrected chi connectivity index (χ4v) is 8.79. The molecule has 0 N–H and O–H groups in total. The number of fused-ring (bicyclic) bond motifs is 2. The zero-order valence-electron chi connectivity index (χ0n) is 28.0. The van der Waals surface area contributed by atoms with Gasteiger partial charge in [-0.1, -0.05) is 69.3 Å². The predicted octanol–water partition coefficient (Wildman–Crippen LogP) is 8.00. The molecule has 0 amide bonds. The molecule has 0 bridgehead atoms. The zero-order chi connectivity index (χ0) is 37.4. The molecule has 6 aromatic carbocycles. The van der Waals surface area contributed by atoms with Crippen molar-refractivity contribution in [2.24, 2.45) is 5.92 Å². The normalized spacial score (nSPS) is 12.0. The molecule has 12 nitrogen and oxygen atoms in total. The van der Waals surface area contributed by atoms with Crippen LogP contribution in [0.5, 0.6) is 23.0 Å².